The van der Waals surface area contributed by atoms with Gasteiger partial charge < -0.3 is 24.8 Å². The number of amides is 1. The van der Waals surface area contributed by atoms with Crippen LogP contribution in [0.3, 0.4) is 0 Å². The van der Waals surface area contributed by atoms with Gasteiger partial charge in [0.15, 0.2) is 11.7 Å². The average molecular weight is 436 g/mol. The van der Waals surface area contributed by atoms with Crippen molar-refractivity contribution in [3.8, 4) is 0 Å². The Kier molecular flexibility index (Phi) is 9.65. The number of rotatable bonds is 8. The van der Waals surface area contributed by atoms with Crippen LogP contribution >= 0.6 is 0 Å². The molecule has 2 N–H and O–H groups in total. The van der Waals surface area contributed by atoms with Gasteiger partial charge in [-0.25, -0.2) is 9.79 Å². The molecule has 0 atom stereocenters. The molecule has 0 saturated carbocycles. The largest absolute Gasteiger partial charge is 0.444 e. The normalized spacial score (nSPS) is 16.0. The van der Waals surface area contributed by atoms with Crippen molar-refractivity contribution in [2.75, 3.05) is 26.2 Å². The molecule has 8 nitrogen and oxygen atoms in total. The van der Waals surface area contributed by atoms with Gasteiger partial charge in [0.25, 0.3) is 0 Å². The van der Waals surface area contributed by atoms with Crippen LogP contribution in [0.2, 0.25) is 0 Å². The monoisotopic (exact) mass is 435 g/mol. The molecule has 0 radical (unpaired) electrons. The van der Waals surface area contributed by atoms with Crippen molar-refractivity contribution in [2.45, 2.75) is 85.3 Å². The fourth-order valence-corrected chi connectivity index (χ4v) is 3.69. The molecular weight excluding hydrogens is 394 g/mol. The highest BCUT2D eigenvalue weighted by atomic mass is 16.6. The molecule has 1 amide bonds. The second-order valence-electron chi connectivity index (χ2n) is 9.22. The van der Waals surface area contributed by atoms with Crippen LogP contribution in [0, 0.1) is 5.92 Å². The second kappa shape index (κ2) is 12.0. The Morgan fingerprint density at radius 3 is 2.52 bits per heavy atom. The van der Waals surface area contributed by atoms with E-state index in [4.69, 9.17) is 9.26 Å². The maximum atomic E-state index is 12.2. The molecule has 1 aromatic heterocycles. The fourth-order valence-electron chi connectivity index (χ4n) is 3.69. The Morgan fingerprint density at radius 1 is 1.26 bits per heavy atom. The number of piperidine rings is 1. The zero-order valence-corrected chi connectivity index (χ0v) is 20.2. The van der Waals surface area contributed by atoms with Crippen LogP contribution in [0.25, 0.3) is 0 Å². The van der Waals surface area contributed by atoms with Crippen LogP contribution in [0.4, 0.5) is 4.79 Å². The topological polar surface area (TPSA) is 92.0 Å². The Bertz CT molecular complexity index is 698. The lowest BCUT2D eigenvalue weighted by molar-refractivity contribution is 0.0185. The molecular formula is C23H41N5O3. The van der Waals surface area contributed by atoms with Crippen LogP contribution < -0.4 is 10.6 Å². The van der Waals surface area contributed by atoms with E-state index in [1.54, 1.807) is 0 Å². The van der Waals surface area contributed by atoms with Crippen molar-refractivity contribution in [1.82, 2.24) is 20.7 Å². The highest BCUT2D eigenvalue weighted by molar-refractivity contribution is 5.79. The van der Waals surface area contributed by atoms with Gasteiger partial charge in [0.1, 0.15) is 12.1 Å². The first-order chi connectivity index (χ1) is 14.8. The third-order valence-corrected chi connectivity index (χ3v) is 5.54. The molecule has 1 aromatic rings. The molecule has 2 heterocycles. The number of carbonyl (C=O) groups is 1. The number of ether oxygens (including phenoxy) is 1. The molecule has 0 bridgehead atoms. The highest BCUT2D eigenvalue weighted by Gasteiger charge is 2.26. The average Bonchev–Trinajstić information content (AvgIpc) is 3.19. The number of hydrogen-bond donors (Lipinski definition) is 2. The molecule has 2 rings (SSSR count). The summed E-state index contributed by atoms with van der Waals surface area (Å²) in [6.45, 7) is 15.6. The summed E-state index contributed by atoms with van der Waals surface area (Å²) in [4.78, 5) is 18.7. The van der Waals surface area contributed by atoms with Crippen molar-refractivity contribution in [3.05, 3.63) is 17.5 Å². The summed E-state index contributed by atoms with van der Waals surface area (Å²) >= 11 is 0. The first-order valence-electron chi connectivity index (χ1n) is 11.7. The van der Waals surface area contributed by atoms with Crippen LogP contribution in [0.1, 0.15) is 84.6 Å². The maximum Gasteiger partial charge on any atom is 0.410 e. The molecule has 176 valence electrons. The minimum atomic E-state index is -0.453. The molecule has 1 aliphatic rings. The number of guanidine groups is 1. The predicted molar refractivity (Wildman–Crippen MR) is 123 cm³/mol. The fraction of sp³-hybridized carbons (Fsp3) is 0.783. The minimum absolute atomic E-state index is 0.214. The molecule has 0 aliphatic carbocycles. The third-order valence-electron chi connectivity index (χ3n) is 5.54. The Balaban J connectivity index is 1.81. The van der Waals surface area contributed by atoms with Crippen molar-refractivity contribution < 1.29 is 14.1 Å². The lowest BCUT2D eigenvalue weighted by atomic mass is 9.97. The molecule has 31 heavy (non-hydrogen) atoms. The number of aromatic nitrogens is 1. The van der Waals surface area contributed by atoms with E-state index >= 15 is 0 Å². The molecule has 0 unspecified atom stereocenters. The number of nitrogens with zero attached hydrogens (tertiary/aromatic N) is 3. The van der Waals surface area contributed by atoms with Crippen molar-refractivity contribution in [3.63, 3.8) is 0 Å². The molecule has 1 aliphatic heterocycles. The van der Waals surface area contributed by atoms with Crippen molar-refractivity contribution >= 4 is 12.1 Å². The number of carbonyl (C=O) groups excluding carboxylic acids is 1. The van der Waals surface area contributed by atoms with Gasteiger partial charge >= 0.3 is 6.09 Å². The summed E-state index contributed by atoms with van der Waals surface area (Å²) in [5.41, 5.74) is 0.565. The zero-order valence-electron chi connectivity index (χ0n) is 20.2. The Morgan fingerprint density at radius 2 is 1.94 bits per heavy atom. The summed E-state index contributed by atoms with van der Waals surface area (Å²) in [5, 5.41) is 10.9. The SMILES string of the molecule is CCNC(=NCc1cc(C(CC)CC)no1)NCC1CCN(C(=O)OC(C)(C)C)CC1. The smallest absolute Gasteiger partial charge is 0.410 e. The van der Waals surface area contributed by atoms with Crippen LogP contribution in [0.5, 0.6) is 0 Å². The highest BCUT2D eigenvalue weighted by Crippen LogP contribution is 2.23. The zero-order chi connectivity index (χ0) is 22.9. The van der Waals surface area contributed by atoms with E-state index < -0.39 is 5.60 Å². The summed E-state index contributed by atoms with van der Waals surface area (Å²) in [7, 11) is 0. The molecule has 1 fully saturated rings. The van der Waals surface area contributed by atoms with E-state index in [-0.39, 0.29) is 6.09 Å². The van der Waals surface area contributed by atoms with E-state index in [0.717, 1.165) is 69.3 Å². The standard InChI is InChI=1S/C23H41N5O3/c1-7-18(8-2)20-14-19(31-27-20)16-26-21(24-9-3)25-15-17-10-12-28(13-11-17)22(29)30-23(4,5)6/h14,17-18H,7-13,15-16H2,1-6H3,(H2,24,25,26). The molecule has 1 saturated heterocycles. The number of hydrogen-bond acceptors (Lipinski definition) is 5. The lowest BCUT2D eigenvalue weighted by Crippen LogP contribution is -2.45. The number of likely N-dealkylation sites (tertiary alicyclic amines) is 1. The first kappa shape index (κ1) is 25.0. The summed E-state index contributed by atoms with van der Waals surface area (Å²) in [5.74, 6) is 2.50. The van der Waals surface area contributed by atoms with Crippen LogP contribution in [-0.2, 0) is 11.3 Å². The quantitative estimate of drug-likeness (QED) is 0.468. The van der Waals surface area contributed by atoms with Gasteiger partial charge in [-0.15, -0.1) is 0 Å². The van der Waals surface area contributed by atoms with Gasteiger partial charge in [-0.3, -0.25) is 0 Å². The maximum absolute atomic E-state index is 12.2. The van der Waals surface area contributed by atoms with E-state index in [0.29, 0.717) is 18.4 Å². The van der Waals surface area contributed by atoms with E-state index in [9.17, 15) is 4.79 Å². The van der Waals surface area contributed by atoms with Crippen molar-refractivity contribution in [2.24, 2.45) is 10.9 Å². The summed E-state index contributed by atoms with van der Waals surface area (Å²) < 4.78 is 11.0. The number of nitrogens with one attached hydrogen (secondary N) is 2. The van der Waals surface area contributed by atoms with Crippen LogP contribution in [-0.4, -0.2) is 53.9 Å². The molecule has 0 spiro atoms. The van der Waals surface area contributed by atoms with Gasteiger partial charge in [0, 0.05) is 38.2 Å². The Hall–Kier alpha value is -2.25. The third kappa shape index (κ3) is 8.42. The second-order valence-corrected chi connectivity index (χ2v) is 9.22. The summed E-state index contributed by atoms with van der Waals surface area (Å²) in [6.07, 6.45) is 3.80. The predicted octanol–water partition coefficient (Wildman–Crippen LogP) is 4.28. The van der Waals surface area contributed by atoms with Crippen LogP contribution in [0.15, 0.2) is 15.6 Å². The Labute approximate surface area is 187 Å². The van der Waals surface area contributed by atoms with Gasteiger partial charge in [-0.2, -0.15) is 0 Å². The van der Waals surface area contributed by atoms with Gasteiger partial charge in [-0.1, -0.05) is 19.0 Å². The first-order valence-corrected chi connectivity index (χ1v) is 11.7. The van der Waals surface area contributed by atoms with E-state index in [2.05, 4.69) is 41.6 Å². The van der Waals surface area contributed by atoms with Crippen molar-refractivity contribution in [1.29, 1.82) is 0 Å². The lowest BCUT2D eigenvalue weighted by Gasteiger charge is -2.33. The van der Waals surface area contributed by atoms with Gasteiger partial charge in [-0.05, 0) is 59.3 Å². The minimum Gasteiger partial charge on any atom is -0.444 e. The summed E-state index contributed by atoms with van der Waals surface area (Å²) in [6, 6.07) is 2.02. The molecule has 0 aromatic carbocycles. The molecule has 8 heteroatoms. The van der Waals surface area contributed by atoms with E-state index in [1.807, 2.05) is 31.7 Å². The number of aliphatic imine (C=N–C) groups is 1. The van der Waals surface area contributed by atoms with E-state index in [1.165, 1.54) is 0 Å². The van der Waals surface area contributed by atoms with Gasteiger partial charge in [0.2, 0.25) is 0 Å². The van der Waals surface area contributed by atoms with Gasteiger partial charge in [0.05, 0.1) is 5.69 Å².